The molecule has 1 heterocycles. The quantitative estimate of drug-likeness (QED) is 0.733. The van der Waals surface area contributed by atoms with Crippen molar-refractivity contribution in [1.29, 1.82) is 0 Å². The van der Waals surface area contributed by atoms with Crippen LogP contribution in [0.5, 0.6) is 0 Å². The number of benzene rings is 1. The van der Waals surface area contributed by atoms with Crippen LogP contribution in [-0.4, -0.2) is 50.3 Å². The van der Waals surface area contributed by atoms with E-state index in [9.17, 15) is 8.42 Å². The van der Waals surface area contributed by atoms with E-state index in [4.69, 9.17) is 5.73 Å². The molecule has 0 bridgehead atoms. The first-order chi connectivity index (χ1) is 9.77. The highest BCUT2D eigenvalue weighted by molar-refractivity contribution is 9.11. The molecule has 0 aromatic heterocycles. The Hall–Kier alpha value is -0.150. The summed E-state index contributed by atoms with van der Waals surface area (Å²) in [4.78, 5) is 2.36. The summed E-state index contributed by atoms with van der Waals surface area (Å²) < 4.78 is 28.5. The van der Waals surface area contributed by atoms with Crippen molar-refractivity contribution in [2.75, 3.05) is 32.4 Å². The monoisotopic (exact) mass is 439 g/mol. The number of nitrogen functional groups attached to an aromatic ring is 1. The molecule has 2 rings (SSSR count). The molecule has 0 radical (unpaired) electrons. The van der Waals surface area contributed by atoms with Crippen molar-refractivity contribution < 1.29 is 8.42 Å². The fourth-order valence-corrected chi connectivity index (χ4v) is 6.04. The predicted molar refractivity (Wildman–Crippen MR) is 91.7 cm³/mol. The summed E-state index contributed by atoms with van der Waals surface area (Å²) in [6, 6.07) is 3.56. The summed E-state index contributed by atoms with van der Waals surface area (Å²) in [5.74, 6) is 0. The lowest BCUT2D eigenvalue weighted by Crippen LogP contribution is -2.52. The van der Waals surface area contributed by atoms with E-state index in [2.05, 4.69) is 43.7 Å². The topological polar surface area (TPSA) is 66.6 Å². The van der Waals surface area contributed by atoms with Crippen molar-refractivity contribution in [2.45, 2.75) is 24.3 Å². The number of likely N-dealkylation sites (N-methyl/N-ethyl adjacent to an activating group) is 1. The minimum Gasteiger partial charge on any atom is -0.398 e. The summed E-state index contributed by atoms with van der Waals surface area (Å²) in [7, 11) is -1.56. The van der Waals surface area contributed by atoms with E-state index in [1.165, 1.54) is 4.31 Å². The molecule has 1 aliphatic rings. The van der Waals surface area contributed by atoms with Gasteiger partial charge in [-0.3, -0.25) is 0 Å². The number of hydrogen-bond donors (Lipinski definition) is 1. The molecule has 118 valence electrons. The molecule has 2 N–H and O–H groups in total. The van der Waals surface area contributed by atoms with Gasteiger partial charge in [0, 0.05) is 34.6 Å². The van der Waals surface area contributed by atoms with Crippen LogP contribution in [-0.2, 0) is 10.0 Å². The molecular weight excluding hydrogens is 422 g/mol. The third kappa shape index (κ3) is 3.44. The van der Waals surface area contributed by atoms with Gasteiger partial charge in [-0.15, -0.1) is 0 Å². The molecule has 0 spiro atoms. The van der Waals surface area contributed by atoms with Gasteiger partial charge in [0.25, 0.3) is 0 Å². The number of hydrogen-bond acceptors (Lipinski definition) is 4. The Morgan fingerprint density at radius 3 is 2.57 bits per heavy atom. The summed E-state index contributed by atoms with van der Waals surface area (Å²) >= 11 is 6.63. The Morgan fingerprint density at radius 2 is 2.00 bits per heavy atom. The second-order valence-electron chi connectivity index (χ2n) is 5.21. The molecule has 1 aromatic carbocycles. The lowest BCUT2D eigenvalue weighted by atomic mass is 10.1. The van der Waals surface area contributed by atoms with E-state index >= 15 is 0 Å². The number of halogens is 2. The molecule has 0 amide bonds. The number of anilines is 1. The van der Waals surface area contributed by atoms with Crippen molar-refractivity contribution in [3.8, 4) is 0 Å². The Balaban J connectivity index is 2.39. The van der Waals surface area contributed by atoms with Crippen molar-refractivity contribution >= 4 is 47.6 Å². The lowest BCUT2D eigenvalue weighted by molar-refractivity contribution is 0.144. The predicted octanol–water partition coefficient (Wildman–Crippen LogP) is 2.51. The number of rotatable bonds is 3. The van der Waals surface area contributed by atoms with Gasteiger partial charge < -0.3 is 10.6 Å². The van der Waals surface area contributed by atoms with E-state index in [1.54, 1.807) is 12.1 Å². The molecule has 21 heavy (non-hydrogen) atoms. The molecule has 1 fully saturated rings. The third-order valence-corrected chi connectivity index (χ3v) is 7.17. The maximum Gasteiger partial charge on any atom is 0.246 e. The molecule has 0 saturated carbocycles. The normalized spacial score (nSPS) is 21.6. The minimum absolute atomic E-state index is 0.158. The van der Waals surface area contributed by atoms with E-state index < -0.39 is 10.0 Å². The zero-order chi connectivity index (χ0) is 15.8. The molecule has 5 nitrogen and oxygen atoms in total. The van der Waals surface area contributed by atoms with Gasteiger partial charge >= 0.3 is 0 Å². The molecule has 8 heteroatoms. The fourth-order valence-electron chi connectivity index (χ4n) is 2.56. The summed E-state index contributed by atoms with van der Waals surface area (Å²) in [5.41, 5.74) is 6.19. The van der Waals surface area contributed by atoms with E-state index in [1.807, 2.05) is 7.05 Å². The highest BCUT2D eigenvalue weighted by Gasteiger charge is 2.34. The van der Waals surface area contributed by atoms with Crippen LogP contribution in [0.4, 0.5) is 5.69 Å². The standard InChI is InChI=1S/C13H19Br2N3O2S/c1-3-10-8-18(5-4-17(10)2)21(19,20)13-11(15)6-9(14)7-12(13)16/h6-7,10H,3-5,8,16H2,1-2H3. The summed E-state index contributed by atoms with van der Waals surface area (Å²) in [6.45, 7) is 3.78. The molecule has 1 saturated heterocycles. The van der Waals surface area contributed by atoms with Crippen LogP contribution >= 0.6 is 31.9 Å². The smallest absolute Gasteiger partial charge is 0.246 e. The fraction of sp³-hybridized carbons (Fsp3) is 0.538. The number of piperazine rings is 1. The van der Waals surface area contributed by atoms with Gasteiger partial charge in [-0.1, -0.05) is 22.9 Å². The van der Waals surface area contributed by atoms with Gasteiger partial charge in [0.2, 0.25) is 10.0 Å². The van der Waals surface area contributed by atoms with Gasteiger partial charge in [0.15, 0.2) is 0 Å². The van der Waals surface area contributed by atoms with Gasteiger partial charge in [0.1, 0.15) is 4.90 Å². The lowest BCUT2D eigenvalue weighted by Gasteiger charge is -2.38. The Bertz CT molecular complexity index is 613. The molecule has 1 aliphatic heterocycles. The largest absolute Gasteiger partial charge is 0.398 e. The van der Waals surface area contributed by atoms with E-state index in [0.29, 0.717) is 17.6 Å². The summed E-state index contributed by atoms with van der Waals surface area (Å²) in [6.07, 6.45) is 0.916. The third-order valence-electron chi connectivity index (χ3n) is 3.85. The molecule has 1 aromatic rings. The number of nitrogens with two attached hydrogens (primary N) is 1. The minimum atomic E-state index is -3.59. The molecule has 1 atom stereocenters. The number of sulfonamides is 1. The van der Waals surface area contributed by atoms with Crippen LogP contribution in [0.1, 0.15) is 13.3 Å². The highest BCUT2D eigenvalue weighted by Crippen LogP contribution is 2.34. The van der Waals surface area contributed by atoms with Crippen molar-refractivity contribution in [2.24, 2.45) is 0 Å². The first-order valence-corrected chi connectivity index (χ1v) is 9.75. The van der Waals surface area contributed by atoms with Crippen LogP contribution in [0.25, 0.3) is 0 Å². The average molecular weight is 441 g/mol. The van der Waals surface area contributed by atoms with Gasteiger partial charge in [-0.05, 0) is 41.5 Å². The average Bonchev–Trinajstić information content (AvgIpc) is 2.37. The van der Waals surface area contributed by atoms with E-state index in [-0.39, 0.29) is 16.6 Å². The van der Waals surface area contributed by atoms with E-state index in [0.717, 1.165) is 17.4 Å². The van der Waals surface area contributed by atoms with Gasteiger partial charge in [-0.25, -0.2) is 8.42 Å². The van der Waals surface area contributed by atoms with Crippen LogP contribution in [0.15, 0.2) is 26.0 Å². The first kappa shape index (κ1) is 17.2. The SMILES string of the molecule is CCC1CN(S(=O)(=O)c2c(N)cc(Br)cc2Br)CCN1C. The Labute approximate surface area is 142 Å². The van der Waals surface area contributed by atoms with Crippen molar-refractivity contribution in [1.82, 2.24) is 9.21 Å². The Morgan fingerprint density at radius 1 is 1.33 bits per heavy atom. The van der Waals surface area contributed by atoms with Crippen LogP contribution in [0.2, 0.25) is 0 Å². The maximum atomic E-state index is 12.9. The zero-order valence-corrected chi connectivity index (χ0v) is 16.0. The van der Waals surface area contributed by atoms with Crippen LogP contribution in [0.3, 0.4) is 0 Å². The maximum absolute atomic E-state index is 12.9. The van der Waals surface area contributed by atoms with Crippen LogP contribution in [0, 0.1) is 0 Å². The van der Waals surface area contributed by atoms with Crippen molar-refractivity contribution in [3.63, 3.8) is 0 Å². The van der Waals surface area contributed by atoms with Crippen molar-refractivity contribution in [3.05, 3.63) is 21.1 Å². The molecule has 0 aliphatic carbocycles. The highest BCUT2D eigenvalue weighted by atomic mass is 79.9. The van der Waals surface area contributed by atoms with Gasteiger partial charge in [-0.2, -0.15) is 4.31 Å². The zero-order valence-electron chi connectivity index (χ0n) is 12.0. The van der Waals surface area contributed by atoms with Crippen LogP contribution < -0.4 is 5.73 Å². The second kappa shape index (κ2) is 6.54. The van der Waals surface area contributed by atoms with Gasteiger partial charge in [0.05, 0.1) is 5.69 Å². The first-order valence-electron chi connectivity index (χ1n) is 6.72. The molecular formula is C13H19Br2N3O2S. The molecule has 1 unspecified atom stereocenters. The Kier molecular flexibility index (Phi) is 5.36. The second-order valence-corrected chi connectivity index (χ2v) is 8.86. The number of nitrogens with zero attached hydrogens (tertiary/aromatic N) is 2. The summed E-state index contributed by atoms with van der Waals surface area (Å²) in [5, 5.41) is 0.